The molecule has 8 heteroatoms. The van der Waals surface area contributed by atoms with Crippen molar-refractivity contribution in [1.29, 1.82) is 0 Å². The fourth-order valence-electron chi connectivity index (χ4n) is 4.62. The highest BCUT2D eigenvalue weighted by atomic mass is 35.5. The Balaban J connectivity index is 0.00000364. The molecule has 0 aromatic heterocycles. The van der Waals surface area contributed by atoms with Crippen molar-refractivity contribution in [3.05, 3.63) is 0 Å². The van der Waals surface area contributed by atoms with Gasteiger partial charge < -0.3 is 16.4 Å². The number of carbonyl (C=O) groups is 3. The van der Waals surface area contributed by atoms with Crippen molar-refractivity contribution in [2.75, 3.05) is 13.1 Å². The van der Waals surface area contributed by atoms with Crippen molar-refractivity contribution < 1.29 is 14.4 Å². The molecule has 2 unspecified atom stereocenters. The fraction of sp³-hybridized carbons (Fsp3) is 0.842. The minimum Gasteiger partial charge on any atom is -0.353 e. The highest BCUT2D eigenvalue weighted by Gasteiger charge is 2.56. The zero-order valence-electron chi connectivity index (χ0n) is 17.2. The van der Waals surface area contributed by atoms with Crippen LogP contribution in [0.4, 0.5) is 4.79 Å². The molecular formula is C19H35ClN4O3. The van der Waals surface area contributed by atoms with Crippen molar-refractivity contribution in [2.45, 2.75) is 77.8 Å². The van der Waals surface area contributed by atoms with Crippen LogP contribution in [0.3, 0.4) is 0 Å². The first kappa shape index (κ1) is 23.7. The first-order valence-electron chi connectivity index (χ1n) is 9.65. The van der Waals surface area contributed by atoms with Crippen LogP contribution >= 0.6 is 12.4 Å². The molecule has 1 aliphatic carbocycles. The third kappa shape index (κ3) is 5.13. The molecule has 2 atom stereocenters. The molecule has 2 aliphatic rings. The molecule has 0 bridgehead atoms. The summed E-state index contributed by atoms with van der Waals surface area (Å²) in [5, 5.41) is 5.66. The smallest absolute Gasteiger partial charge is 0.325 e. The average molecular weight is 403 g/mol. The molecule has 0 aromatic rings. The molecule has 2 rings (SSSR count). The van der Waals surface area contributed by atoms with Gasteiger partial charge >= 0.3 is 6.03 Å². The summed E-state index contributed by atoms with van der Waals surface area (Å²) >= 11 is 0. The summed E-state index contributed by atoms with van der Waals surface area (Å²) < 4.78 is 0. The van der Waals surface area contributed by atoms with E-state index in [-0.39, 0.29) is 36.2 Å². The number of nitrogens with one attached hydrogen (secondary N) is 2. The molecule has 0 radical (unpaired) electrons. The summed E-state index contributed by atoms with van der Waals surface area (Å²) in [6, 6.07) is -0.472. The molecular weight excluding hydrogens is 368 g/mol. The van der Waals surface area contributed by atoms with Gasteiger partial charge in [-0.25, -0.2) is 4.79 Å². The van der Waals surface area contributed by atoms with Crippen LogP contribution in [0, 0.1) is 11.3 Å². The lowest BCUT2D eigenvalue weighted by Gasteiger charge is -2.43. The Morgan fingerprint density at radius 1 is 1.30 bits per heavy atom. The van der Waals surface area contributed by atoms with Crippen molar-refractivity contribution in [3.63, 3.8) is 0 Å². The molecule has 1 saturated heterocycles. The second kappa shape index (κ2) is 8.35. The molecule has 4 amide bonds. The number of hydrogen-bond donors (Lipinski definition) is 3. The van der Waals surface area contributed by atoms with E-state index in [4.69, 9.17) is 5.73 Å². The number of nitrogens with two attached hydrogens (primary N) is 1. The van der Waals surface area contributed by atoms with Crippen molar-refractivity contribution in [2.24, 2.45) is 17.1 Å². The van der Waals surface area contributed by atoms with Crippen LogP contribution in [0.2, 0.25) is 0 Å². The summed E-state index contributed by atoms with van der Waals surface area (Å²) in [4.78, 5) is 38.8. The molecule has 27 heavy (non-hydrogen) atoms. The summed E-state index contributed by atoms with van der Waals surface area (Å²) in [6.45, 7) is 10.4. The van der Waals surface area contributed by atoms with Gasteiger partial charge in [0.05, 0.1) is 0 Å². The highest BCUT2D eigenvalue weighted by molar-refractivity contribution is 6.09. The molecule has 2 fully saturated rings. The molecule has 156 valence electrons. The van der Waals surface area contributed by atoms with Gasteiger partial charge in [-0.15, -0.1) is 12.4 Å². The van der Waals surface area contributed by atoms with Gasteiger partial charge in [-0.05, 0) is 43.4 Å². The SMILES string of the molecule is CCC(N)(CC)CNC(=O)CN1C(=O)NC2(CC(C)CC(C)(C)C2)C1=O.Cl. The number of nitrogens with zero attached hydrogens (tertiary/aromatic N) is 1. The maximum Gasteiger partial charge on any atom is 0.325 e. The molecule has 0 aromatic carbocycles. The van der Waals surface area contributed by atoms with Crippen LogP contribution < -0.4 is 16.4 Å². The van der Waals surface area contributed by atoms with E-state index in [0.717, 1.165) is 24.2 Å². The Morgan fingerprint density at radius 2 is 1.89 bits per heavy atom. The molecule has 1 heterocycles. The zero-order valence-corrected chi connectivity index (χ0v) is 18.0. The number of halogens is 1. The lowest BCUT2D eigenvalue weighted by Crippen LogP contribution is -2.54. The third-order valence-electron chi connectivity index (χ3n) is 5.97. The first-order chi connectivity index (χ1) is 12.0. The van der Waals surface area contributed by atoms with Gasteiger partial charge in [0.1, 0.15) is 12.1 Å². The number of amides is 4. The summed E-state index contributed by atoms with van der Waals surface area (Å²) in [5.74, 6) is -0.295. The third-order valence-corrected chi connectivity index (χ3v) is 5.97. The number of hydrogen-bond acceptors (Lipinski definition) is 4. The molecule has 1 aliphatic heterocycles. The average Bonchev–Trinajstić information content (AvgIpc) is 2.74. The predicted molar refractivity (Wildman–Crippen MR) is 108 cm³/mol. The summed E-state index contributed by atoms with van der Waals surface area (Å²) in [6.07, 6.45) is 3.72. The maximum absolute atomic E-state index is 13.0. The Bertz CT molecular complexity index is 592. The predicted octanol–water partition coefficient (Wildman–Crippen LogP) is 2.18. The Kier molecular flexibility index (Phi) is 7.33. The monoisotopic (exact) mass is 402 g/mol. The minimum absolute atomic E-state index is 0. The van der Waals surface area contributed by atoms with Crippen LogP contribution in [0.5, 0.6) is 0 Å². The van der Waals surface area contributed by atoms with E-state index in [1.54, 1.807) is 0 Å². The number of rotatable bonds is 6. The van der Waals surface area contributed by atoms with Gasteiger partial charge in [-0.1, -0.05) is 34.6 Å². The molecule has 1 spiro atoms. The van der Waals surface area contributed by atoms with E-state index in [0.29, 0.717) is 25.3 Å². The minimum atomic E-state index is -0.872. The number of carbonyl (C=O) groups excluding carboxylic acids is 3. The molecule has 1 saturated carbocycles. The van der Waals surface area contributed by atoms with E-state index >= 15 is 0 Å². The lowest BCUT2D eigenvalue weighted by molar-refractivity contribution is -0.137. The van der Waals surface area contributed by atoms with Crippen molar-refractivity contribution in [3.8, 4) is 0 Å². The van der Waals surface area contributed by atoms with Gasteiger partial charge in [-0.2, -0.15) is 0 Å². The van der Waals surface area contributed by atoms with Crippen LogP contribution in [-0.2, 0) is 9.59 Å². The van der Waals surface area contributed by atoms with Crippen molar-refractivity contribution >= 4 is 30.3 Å². The highest BCUT2D eigenvalue weighted by Crippen LogP contribution is 2.46. The zero-order chi connectivity index (χ0) is 19.8. The summed E-state index contributed by atoms with van der Waals surface area (Å²) in [7, 11) is 0. The first-order valence-corrected chi connectivity index (χ1v) is 9.65. The van der Waals surface area contributed by atoms with E-state index in [9.17, 15) is 14.4 Å². The van der Waals surface area contributed by atoms with Crippen LogP contribution in [0.1, 0.15) is 66.7 Å². The van der Waals surface area contributed by atoms with E-state index in [1.165, 1.54) is 0 Å². The fourth-order valence-corrected chi connectivity index (χ4v) is 4.62. The van der Waals surface area contributed by atoms with E-state index in [1.807, 2.05) is 13.8 Å². The van der Waals surface area contributed by atoms with Crippen LogP contribution in [0.25, 0.3) is 0 Å². The van der Waals surface area contributed by atoms with E-state index in [2.05, 4.69) is 31.4 Å². The second-order valence-electron chi connectivity index (χ2n) is 9.10. The van der Waals surface area contributed by atoms with Gasteiger partial charge in [-0.3, -0.25) is 14.5 Å². The second-order valence-corrected chi connectivity index (χ2v) is 9.10. The van der Waals surface area contributed by atoms with Gasteiger partial charge in [0, 0.05) is 12.1 Å². The standard InChI is InChI=1S/C19H34N4O3.ClH/c1-6-18(20,7-2)12-21-14(24)10-23-15(25)19(22-16(23)26)9-13(3)8-17(4,5)11-19;/h13H,6-12,20H2,1-5H3,(H,21,24)(H,22,26);1H. The van der Waals surface area contributed by atoms with Gasteiger partial charge in [0.25, 0.3) is 5.91 Å². The normalized spacial score (nSPS) is 27.3. The Morgan fingerprint density at radius 3 is 2.41 bits per heavy atom. The topological polar surface area (TPSA) is 105 Å². The Hall–Kier alpha value is -1.34. The number of imide groups is 1. The maximum atomic E-state index is 13.0. The van der Waals surface area contributed by atoms with Crippen LogP contribution in [0.15, 0.2) is 0 Å². The quantitative estimate of drug-likeness (QED) is 0.592. The van der Waals surface area contributed by atoms with Gasteiger partial charge in [0.2, 0.25) is 5.91 Å². The Labute approximate surface area is 168 Å². The lowest BCUT2D eigenvalue weighted by atomic mass is 9.64. The summed E-state index contributed by atoms with van der Waals surface area (Å²) in [5.41, 5.74) is 4.83. The van der Waals surface area contributed by atoms with Crippen molar-refractivity contribution in [1.82, 2.24) is 15.5 Å². The van der Waals surface area contributed by atoms with Crippen LogP contribution in [-0.4, -0.2) is 46.9 Å². The molecule has 4 N–H and O–H groups in total. The largest absolute Gasteiger partial charge is 0.353 e. The van der Waals surface area contributed by atoms with Gasteiger partial charge in [0.15, 0.2) is 0 Å². The van der Waals surface area contributed by atoms with E-state index < -0.39 is 17.1 Å². The number of urea groups is 1. The molecule has 7 nitrogen and oxygen atoms in total.